The lowest BCUT2D eigenvalue weighted by atomic mass is 9.97. The maximum Gasteiger partial charge on any atom is 0.353 e. The molecule has 2 heterocycles. The van der Waals surface area contributed by atoms with Crippen molar-refractivity contribution in [1.29, 1.82) is 0 Å². The first-order valence-corrected chi connectivity index (χ1v) is 22.4. The van der Waals surface area contributed by atoms with Gasteiger partial charge in [0.1, 0.15) is 22.8 Å². The minimum absolute atomic E-state index is 0. The molecule has 4 aromatic carbocycles. The Bertz CT molecular complexity index is 2640. The average Bonchev–Trinajstić information content (AvgIpc) is 4.03. The maximum absolute atomic E-state index is 12.7. The van der Waals surface area contributed by atoms with Crippen LogP contribution in [0.25, 0.3) is 22.3 Å². The molecule has 0 saturated carbocycles. The summed E-state index contributed by atoms with van der Waals surface area (Å²) >= 11 is 12.1. The minimum atomic E-state index is -1.40. The normalized spacial score (nSPS) is 12.2. The fourth-order valence-corrected chi connectivity index (χ4v) is 6.97. The number of aliphatic hydroxyl groups excluding tert-OH is 2. The highest BCUT2D eigenvalue weighted by Gasteiger charge is 2.25. The van der Waals surface area contributed by atoms with Gasteiger partial charge in [-0.05, 0) is 96.8 Å². The Hall–Kier alpha value is -7.02. The van der Waals surface area contributed by atoms with Gasteiger partial charge in [-0.3, -0.25) is 24.6 Å². The summed E-state index contributed by atoms with van der Waals surface area (Å²) in [6.45, 7) is 6.41. The number of nitrogens with one attached hydrogen (secondary N) is 3. The summed E-state index contributed by atoms with van der Waals surface area (Å²) in [4.78, 5) is 68.4. The molecule has 372 valence electrons. The van der Waals surface area contributed by atoms with Gasteiger partial charge in [0.2, 0.25) is 0 Å². The number of aliphatic hydroxyl groups is 2. The fraction of sp³-hybridized carbons (Fsp3) is 0.294. The molecule has 0 unspecified atom stereocenters. The van der Waals surface area contributed by atoms with Gasteiger partial charge < -0.3 is 35.8 Å². The first-order valence-electron chi connectivity index (χ1n) is 21.7. The number of halogens is 2. The lowest BCUT2D eigenvalue weighted by Gasteiger charge is -2.21. The van der Waals surface area contributed by atoms with Crippen LogP contribution in [0.2, 0.25) is 10.0 Å². The highest BCUT2D eigenvalue weighted by Crippen LogP contribution is 2.25. The van der Waals surface area contributed by atoms with Crippen LogP contribution in [0.4, 0.5) is 0 Å². The number of aromatic carboxylic acids is 1. The molecule has 2 aromatic heterocycles. The topological polar surface area (TPSA) is 277 Å². The average molecular weight is 1000 g/mol. The molecule has 4 atom stereocenters. The Labute approximate surface area is 415 Å². The number of aromatic nitrogens is 4. The summed E-state index contributed by atoms with van der Waals surface area (Å²) in [5.41, 5.74) is 12.4. The van der Waals surface area contributed by atoms with Gasteiger partial charge in [-0.1, -0.05) is 103 Å². The molecule has 19 heteroatoms. The summed E-state index contributed by atoms with van der Waals surface area (Å²) in [7, 11) is 0. The number of rotatable bonds is 19. The second kappa shape index (κ2) is 28.5. The van der Waals surface area contributed by atoms with Gasteiger partial charge in [-0.25, -0.2) is 14.4 Å². The van der Waals surface area contributed by atoms with Crippen LogP contribution < -0.4 is 11.1 Å². The number of esters is 2. The summed E-state index contributed by atoms with van der Waals surface area (Å²) in [5.74, 6) is -3.53. The van der Waals surface area contributed by atoms with Gasteiger partial charge >= 0.3 is 17.9 Å². The van der Waals surface area contributed by atoms with Crippen molar-refractivity contribution in [2.75, 3.05) is 13.2 Å². The minimum Gasteiger partial charge on any atom is -0.477 e. The highest BCUT2D eigenvalue weighted by molar-refractivity contribution is 6.31. The summed E-state index contributed by atoms with van der Waals surface area (Å²) in [6, 6.07) is 32.5. The van der Waals surface area contributed by atoms with Crippen LogP contribution in [0.3, 0.4) is 0 Å². The van der Waals surface area contributed by atoms with E-state index in [1.807, 2.05) is 91.0 Å². The largest absolute Gasteiger partial charge is 0.477 e. The molecular weight excluding hydrogens is 943 g/mol. The van der Waals surface area contributed by atoms with Crippen molar-refractivity contribution in [3.63, 3.8) is 0 Å². The number of nitrogens with two attached hydrogens (primary N) is 1. The van der Waals surface area contributed by atoms with Crippen molar-refractivity contribution in [3.05, 3.63) is 153 Å². The second-order valence-electron chi connectivity index (χ2n) is 15.5. The van der Waals surface area contributed by atoms with Gasteiger partial charge in [0.15, 0.2) is 23.8 Å². The van der Waals surface area contributed by atoms with Crippen LogP contribution in [0, 0.1) is 0 Å². The molecular formula is C51H58Cl2N6O11. The van der Waals surface area contributed by atoms with E-state index >= 15 is 0 Å². The first-order chi connectivity index (χ1) is 32.9. The van der Waals surface area contributed by atoms with Crippen LogP contribution in [0.5, 0.6) is 0 Å². The number of hydrogen-bond donors (Lipinski definition) is 7. The number of carboxylic acids is 1. The number of ether oxygens (including phenoxy) is 2. The molecule has 0 saturated heterocycles. The third-order valence-electron chi connectivity index (χ3n) is 10.0. The molecule has 0 radical (unpaired) electrons. The number of carboxylic acid groups (broad SMARTS) is 1. The van der Waals surface area contributed by atoms with Crippen molar-refractivity contribution >= 4 is 58.6 Å². The van der Waals surface area contributed by atoms with E-state index in [9.17, 15) is 39.0 Å². The van der Waals surface area contributed by atoms with E-state index in [0.29, 0.717) is 22.9 Å². The Kier molecular flexibility index (Phi) is 23.3. The molecule has 0 spiro atoms. The number of ketones is 2. The van der Waals surface area contributed by atoms with Crippen LogP contribution in [-0.4, -0.2) is 109 Å². The van der Waals surface area contributed by atoms with Gasteiger partial charge in [0.25, 0.3) is 5.91 Å². The van der Waals surface area contributed by atoms with Crippen molar-refractivity contribution in [2.45, 2.75) is 85.1 Å². The molecule has 70 heavy (non-hydrogen) atoms. The lowest BCUT2D eigenvalue weighted by molar-refractivity contribution is -0.154. The Morgan fingerprint density at radius 2 is 1.06 bits per heavy atom. The number of carbonyl (C=O) groups excluding carboxylic acids is 5. The van der Waals surface area contributed by atoms with Crippen LogP contribution in [0.15, 0.2) is 109 Å². The van der Waals surface area contributed by atoms with E-state index in [1.54, 1.807) is 19.9 Å². The van der Waals surface area contributed by atoms with Crippen molar-refractivity contribution in [1.82, 2.24) is 25.7 Å². The quantitative estimate of drug-likeness (QED) is 0.0302. The number of hydrogen-bond acceptors (Lipinski definition) is 13. The zero-order chi connectivity index (χ0) is 50.6. The Morgan fingerprint density at radius 1 is 0.629 bits per heavy atom. The molecule has 6 rings (SSSR count). The predicted molar refractivity (Wildman–Crippen MR) is 266 cm³/mol. The number of Topliss-reactive ketones (excluding diaryl/α,β-unsaturated/α-hetero) is 2. The van der Waals surface area contributed by atoms with E-state index in [2.05, 4.69) is 25.7 Å². The monoisotopic (exact) mass is 1000 g/mol. The van der Waals surface area contributed by atoms with Gasteiger partial charge in [0, 0.05) is 48.5 Å². The van der Waals surface area contributed by atoms with Crippen molar-refractivity contribution in [3.8, 4) is 22.3 Å². The molecule has 0 fully saturated rings. The molecule has 8 N–H and O–H groups in total. The fourth-order valence-electron chi connectivity index (χ4n) is 6.59. The smallest absolute Gasteiger partial charge is 0.353 e. The SMILES string of the molecule is C.CC(=O)c1cc(C(=O)O)[nH]n1.CCOC(=O)[C@H](O)C[C@@H](Cc1ccc(-c2cccc(Cl)c2)cc1)NC(=O)c1cc(C(C)=O)n[nH]1.CCOC(=O)[C@H](O)C[C@H](N)Cc1ccc(-c2cccc(Cl)c2)cc1. The molecule has 0 aliphatic rings. The number of nitrogens with zero attached hydrogens (tertiary/aromatic N) is 2. The summed E-state index contributed by atoms with van der Waals surface area (Å²) < 4.78 is 9.66. The van der Waals surface area contributed by atoms with Crippen LogP contribution >= 0.6 is 23.2 Å². The molecule has 1 amide bonds. The van der Waals surface area contributed by atoms with E-state index in [-0.39, 0.29) is 73.9 Å². The van der Waals surface area contributed by atoms with E-state index in [1.165, 1.54) is 26.0 Å². The predicted octanol–water partition coefficient (Wildman–Crippen LogP) is 7.73. The van der Waals surface area contributed by atoms with Crippen LogP contribution in [0.1, 0.15) is 101 Å². The number of carbonyl (C=O) groups is 6. The number of benzene rings is 4. The Morgan fingerprint density at radius 3 is 1.46 bits per heavy atom. The van der Waals surface area contributed by atoms with E-state index < -0.39 is 42.1 Å². The third-order valence-corrected chi connectivity index (χ3v) is 10.5. The van der Waals surface area contributed by atoms with E-state index in [4.69, 9.17) is 43.5 Å². The lowest BCUT2D eigenvalue weighted by Crippen LogP contribution is -2.41. The molecule has 6 aromatic rings. The highest BCUT2D eigenvalue weighted by atomic mass is 35.5. The molecule has 0 aliphatic heterocycles. The Balaban J connectivity index is 0.000000311. The second-order valence-corrected chi connectivity index (χ2v) is 16.4. The molecule has 17 nitrogen and oxygen atoms in total. The molecule has 0 bridgehead atoms. The zero-order valence-corrected chi connectivity index (χ0v) is 39.8. The number of amides is 1. The maximum atomic E-state index is 12.7. The number of H-pyrrole nitrogens is 2. The van der Waals surface area contributed by atoms with Gasteiger partial charge in [0.05, 0.1) is 13.2 Å². The summed E-state index contributed by atoms with van der Waals surface area (Å²) in [5, 5.41) is 44.6. The zero-order valence-electron chi connectivity index (χ0n) is 38.3. The third kappa shape index (κ3) is 18.5. The first kappa shape index (κ1) is 57.3. The number of aromatic amines is 2. The van der Waals surface area contributed by atoms with Crippen LogP contribution in [-0.2, 0) is 31.9 Å². The van der Waals surface area contributed by atoms with Gasteiger partial charge in [-0.15, -0.1) is 0 Å². The molecule has 0 aliphatic carbocycles. The summed E-state index contributed by atoms with van der Waals surface area (Å²) in [6.07, 6.45) is -1.52. The van der Waals surface area contributed by atoms with E-state index in [0.717, 1.165) is 33.4 Å². The van der Waals surface area contributed by atoms with Crippen molar-refractivity contribution < 1.29 is 53.6 Å². The van der Waals surface area contributed by atoms with Crippen molar-refractivity contribution in [2.24, 2.45) is 5.73 Å². The van der Waals surface area contributed by atoms with Gasteiger partial charge in [-0.2, -0.15) is 10.2 Å². The standard InChI is InChI=1S/C25H26ClN3O5.C19H22ClNO3.C6H6N2O3.CH4/c1-3-34-25(33)23(31)13-20(27-24(32)22-14-21(15(2)30)28-29-22)11-16-7-9-17(10-8-16)18-5-4-6-19(26)12-18;1-2-24-19(23)18(22)12-17(21)10-13-6-8-14(9-7-13)15-4-3-5-16(20)11-15;1-3(9)4-2-5(6(10)11)8-7-4;/h4-10,12,14,20,23,31H,3,11,13H2,1-2H3,(H,27,32)(H,28,29);3-9,11,17-18,22H,2,10,12,21H2,1H3;2H,1H3,(H,7,8)(H,10,11);1H4/t20-,23-;17-,18-;;/m11../s1.